The van der Waals surface area contributed by atoms with Crippen molar-refractivity contribution in [2.24, 2.45) is 0 Å². The number of halogens is 1. The highest BCUT2D eigenvalue weighted by Crippen LogP contribution is 2.17. The largest absolute Gasteiger partial charge is 0.481 e. The minimum Gasteiger partial charge on any atom is -0.481 e. The highest BCUT2D eigenvalue weighted by molar-refractivity contribution is 6.09. The van der Waals surface area contributed by atoms with Crippen LogP contribution in [0.5, 0.6) is 5.75 Å². The van der Waals surface area contributed by atoms with E-state index < -0.39 is 6.10 Å². The molecule has 31 heavy (non-hydrogen) atoms. The smallest absolute Gasteiger partial charge is 0.260 e. The lowest BCUT2D eigenvalue weighted by Crippen LogP contribution is -2.41. The third-order valence-corrected chi connectivity index (χ3v) is 5.00. The lowest BCUT2D eigenvalue weighted by atomic mass is 10.0. The highest BCUT2D eigenvalue weighted by Gasteiger charge is 2.17. The minimum atomic E-state index is -0.669. The van der Waals surface area contributed by atoms with Crippen molar-refractivity contribution in [1.82, 2.24) is 5.32 Å². The summed E-state index contributed by atoms with van der Waals surface area (Å²) in [6, 6.07) is 22.2. The molecule has 160 valence electrons. The van der Waals surface area contributed by atoms with Crippen molar-refractivity contribution < 1.29 is 18.7 Å². The van der Waals surface area contributed by atoms with Crippen LogP contribution in [0.1, 0.15) is 41.8 Å². The van der Waals surface area contributed by atoms with Crippen LogP contribution in [0, 0.1) is 5.82 Å². The van der Waals surface area contributed by atoms with Gasteiger partial charge in [0.25, 0.3) is 5.91 Å². The number of ether oxygens (including phenoxy) is 1. The van der Waals surface area contributed by atoms with E-state index in [0.29, 0.717) is 16.9 Å². The molecule has 3 aromatic carbocycles. The Balaban J connectivity index is 1.50. The molecule has 0 aliphatic heterocycles. The molecule has 4 nitrogen and oxygen atoms in total. The van der Waals surface area contributed by atoms with Gasteiger partial charge >= 0.3 is 0 Å². The van der Waals surface area contributed by atoms with Crippen molar-refractivity contribution in [3.8, 4) is 5.75 Å². The molecule has 1 amide bonds. The predicted octanol–water partition coefficient (Wildman–Crippen LogP) is 4.96. The van der Waals surface area contributed by atoms with Crippen LogP contribution in [-0.2, 0) is 11.2 Å². The molecule has 5 heteroatoms. The number of nitrogens with one attached hydrogen (secondary N) is 1. The summed E-state index contributed by atoms with van der Waals surface area (Å²) in [5.41, 5.74) is 2.11. The monoisotopic (exact) mass is 419 g/mol. The second-order valence-corrected chi connectivity index (χ2v) is 7.55. The molecule has 0 radical (unpaired) electrons. The standard InChI is InChI=1S/C26H26FNO3/c1-18(8-9-20-6-4-3-5-7-20)28-26(30)19(2)31-24-16-12-22(13-17-24)25(29)21-10-14-23(27)15-11-21/h3-7,10-19H,8-9H2,1-2H3,(H,28,30)/t18-,19-/m1/s1. The van der Waals surface area contributed by atoms with Crippen LogP contribution in [0.15, 0.2) is 78.9 Å². The van der Waals surface area contributed by atoms with Crippen LogP contribution in [0.4, 0.5) is 4.39 Å². The summed E-state index contributed by atoms with van der Waals surface area (Å²) in [6.07, 6.45) is 1.06. The lowest BCUT2D eigenvalue weighted by molar-refractivity contribution is -0.127. The van der Waals surface area contributed by atoms with Crippen LogP contribution >= 0.6 is 0 Å². The van der Waals surface area contributed by atoms with Gasteiger partial charge in [0, 0.05) is 17.2 Å². The molecule has 3 aromatic rings. The normalized spacial score (nSPS) is 12.6. The summed E-state index contributed by atoms with van der Waals surface area (Å²) in [5, 5.41) is 2.98. The fourth-order valence-corrected chi connectivity index (χ4v) is 3.17. The predicted molar refractivity (Wildman–Crippen MR) is 119 cm³/mol. The molecule has 0 saturated carbocycles. The molecule has 0 bridgehead atoms. The van der Waals surface area contributed by atoms with E-state index in [2.05, 4.69) is 17.4 Å². The van der Waals surface area contributed by atoms with Crippen LogP contribution in [0.3, 0.4) is 0 Å². The molecule has 1 N–H and O–H groups in total. The Labute approximate surface area is 182 Å². The summed E-state index contributed by atoms with van der Waals surface area (Å²) in [6.45, 7) is 3.67. The molecule has 0 aliphatic carbocycles. The lowest BCUT2D eigenvalue weighted by Gasteiger charge is -2.19. The summed E-state index contributed by atoms with van der Waals surface area (Å²) >= 11 is 0. The molecule has 0 aromatic heterocycles. The Kier molecular flexibility index (Phi) is 7.55. The van der Waals surface area contributed by atoms with Crippen molar-refractivity contribution in [3.63, 3.8) is 0 Å². The number of hydrogen-bond acceptors (Lipinski definition) is 3. The Morgan fingerprint density at radius 1 is 0.871 bits per heavy atom. The zero-order valence-electron chi connectivity index (χ0n) is 17.7. The average Bonchev–Trinajstić information content (AvgIpc) is 2.79. The van der Waals surface area contributed by atoms with Gasteiger partial charge in [-0.15, -0.1) is 0 Å². The minimum absolute atomic E-state index is 0.0227. The molecule has 0 heterocycles. The first-order valence-corrected chi connectivity index (χ1v) is 10.3. The van der Waals surface area contributed by atoms with Crippen molar-refractivity contribution in [3.05, 3.63) is 101 Å². The SMILES string of the molecule is C[C@H](CCc1ccccc1)NC(=O)[C@@H](C)Oc1ccc(C(=O)c2ccc(F)cc2)cc1. The van der Waals surface area contributed by atoms with Gasteiger partial charge in [-0.3, -0.25) is 9.59 Å². The molecule has 0 spiro atoms. The van der Waals surface area contributed by atoms with Gasteiger partial charge in [-0.25, -0.2) is 4.39 Å². The first-order valence-electron chi connectivity index (χ1n) is 10.3. The number of rotatable bonds is 9. The van der Waals surface area contributed by atoms with Crippen molar-refractivity contribution in [2.45, 2.75) is 38.8 Å². The van der Waals surface area contributed by atoms with Crippen molar-refractivity contribution in [1.29, 1.82) is 0 Å². The van der Waals surface area contributed by atoms with Gasteiger partial charge in [0.05, 0.1) is 0 Å². The maximum atomic E-state index is 13.0. The van der Waals surface area contributed by atoms with Crippen LogP contribution in [-0.4, -0.2) is 23.8 Å². The third kappa shape index (κ3) is 6.51. The molecule has 3 rings (SSSR count). The Morgan fingerprint density at radius 3 is 2.06 bits per heavy atom. The van der Waals surface area contributed by atoms with E-state index in [1.165, 1.54) is 29.8 Å². The fraction of sp³-hybridized carbons (Fsp3) is 0.231. The second-order valence-electron chi connectivity index (χ2n) is 7.55. The molecule has 0 saturated heterocycles. The van der Waals surface area contributed by atoms with Gasteiger partial charge in [0.1, 0.15) is 11.6 Å². The van der Waals surface area contributed by atoms with Crippen LogP contribution in [0.2, 0.25) is 0 Å². The molecular weight excluding hydrogens is 393 g/mol. The van der Waals surface area contributed by atoms with Gasteiger partial charge < -0.3 is 10.1 Å². The summed E-state index contributed by atoms with van der Waals surface area (Å²) < 4.78 is 18.8. The highest BCUT2D eigenvalue weighted by atomic mass is 19.1. The third-order valence-electron chi connectivity index (χ3n) is 5.00. The number of carbonyl (C=O) groups is 2. The first-order chi connectivity index (χ1) is 14.9. The van der Waals surface area contributed by atoms with Gasteiger partial charge in [-0.1, -0.05) is 30.3 Å². The molecule has 0 fully saturated rings. The van der Waals surface area contributed by atoms with E-state index in [1.807, 2.05) is 25.1 Å². The maximum Gasteiger partial charge on any atom is 0.260 e. The van der Waals surface area contributed by atoms with Gasteiger partial charge in [0.2, 0.25) is 0 Å². The molecule has 0 unspecified atom stereocenters. The number of amides is 1. The topological polar surface area (TPSA) is 55.4 Å². The average molecular weight is 419 g/mol. The van der Waals surface area contributed by atoms with E-state index in [0.717, 1.165) is 12.8 Å². The van der Waals surface area contributed by atoms with Crippen molar-refractivity contribution >= 4 is 11.7 Å². The summed E-state index contributed by atoms with van der Waals surface area (Å²) in [7, 11) is 0. The number of hydrogen-bond donors (Lipinski definition) is 1. The number of benzene rings is 3. The van der Waals surface area contributed by atoms with E-state index in [4.69, 9.17) is 4.74 Å². The number of carbonyl (C=O) groups excluding carboxylic acids is 2. The maximum absolute atomic E-state index is 13.0. The van der Waals surface area contributed by atoms with E-state index in [9.17, 15) is 14.0 Å². The second kappa shape index (κ2) is 10.5. The quantitative estimate of drug-likeness (QED) is 0.499. The molecule has 2 atom stereocenters. The fourth-order valence-electron chi connectivity index (χ4n) is 3.17. The zero-order valence-corrected chi connectivity index (χ0v) is 17.7. The van der Waals surface area contributed by atoms with Gasteiger partial charge in [0.15, 0.2) is 11.9 Å². The number of aryl methyl sites for hydroxylation is 1. The molecular formula is C26H26FNO3. The number of ketones is 1. The van der Waals surface area contributed by atoms with Gasteiger partial charge in [-0.05, 0) is 80.8 Å². The van der Waals surface area contributed by atoms with Crippen LogP contribution in [0.25, 0.3) is 0 Å². The van der Waals surface area contributed by atoms with E-state index in [1.54, 1.807) is 31.2 Å². The van der Waals surface area contributed by atoms with Crippen LogP contribution < -0.4 is 10.1 Å². The Hall–Kier alpha value is -3.47. The Bertz CT molecular complexity index is 1000. The summed E-state index contributed by atoms with van der Waals surface area (Å²) in [4.78, 5) is 24.9. The first kappa shape index (κ1) is 22.2. The van der Waals surface area contributed by atoms with Crippen molar-refractivity contribution in [2.75, 3.05) is 0 Å². The Morgan fingerprint density at radius 2 is 1.45 bits per heavy atom. The van der Waals surface area contributed by atoms with E-state index in [-0.39, 0.29) is 23.5 Å². The zero-order chi connectivity index (χ0) is 22.2. The van der Waals surface area contributed by atoms with E-state index >= 15 is 0 Å². The van der Waals surface area contributed by atoms with Gasteiger partial charge in [-0.2, -0.15) is 0 Å². The summed E-state index contributed by atoms with van der Waals surface area (Å²) in [5.74, 6) is -0.284. The molecule has 0 aliphatic rings.